The third-order valence-electron chi connectivity index (χ3n) is 4.05. The Bertz CT molecular complexity index is 544. The minimum Gasteiger partial charge on any atom is -0.328 e. The van der Waals surface area contributed by atoms with E-state index in [-0.39, 0.29) is 6.04 Å². The van der Waals surface area contributed by atoms with Crippen LogP contribution in [0.2, 0.25) is 0 Å². The predicted octanol–water partition coefficient (Wildman–Crippen LogP) is 4.29. The predicted molar refractivity (Wildman–Crippen MR) is 90.5 cm³/mol. The number of benzene rings is 1. The van der Waals surface area contributed by atoms with Crippen LogP contribution < -0.4 is 5.73 Å². The molecule has 0 aliphatic carbocycles. The molecule has 2 aromatic rings. The van der Waals surface area contributed by atoms with Crippen LogP contribution in [0.3, 0.4) is 0 Å². The Labute approximate surface area is 128 Å². The van der Waals surface area contributed by atoms with Crippen molar-refractivity contribution in [3.63, 3.8) is 0 Å². The van der Waals surface area contributed by atoms with Gasteiger partial charge in [0.05, 0.1) is 11.0 Å². The van der Waals surface area contributed by atoms with Crippen molar-refractivity contribution < 1.29 is 0 Å². The number of rotatable bonds is 9. The van der Waals surface area contributed by atoms with Crippen LogP contribution in [-0.4, -0.2) is 15.6 Å². The van der Waals surface area contributed by atoms with E-state index in [2.05, 4.69) is 42.7 Å². The highest BCUT2D eigenvalue weighted by atomic mass is 15.1. The summed E-state index contributed by atoms with van der Waals surface area (Å²) in [6, 6.07) is 8.63. The van der Waals surface area contributed by atoms with E-state index >= 15 is 0 Å². The number of imidazole rings is 1. The molecule has 0 aliphatic heterocycles. The Morgan fingerprint density at radius 1 is 1.10 bits per heavy atom. The highest BCUT2D eigenvalue weighted by Crippen LogP contribution is 2.18. The number of aryl methyl sites for hydroxylation is 1. The second kappa shape index (κ2) is 8.18. The van der Waals surface area contributed by atoms with Gasteiger partial charge in [-0.05, 0) is 25.0 Å². The number of nitrogens with two attached hydrogens (primary N) is 1. The molecule has 3 heteroatoms. The lowest BCUT2D eigenvalue weighted by Gasteiger charge is -2.13. The van der Waals surface area contributed by atoms with Gasteiger partial charge in [0.1, 0.15) is 5.82 Å². The van der Waals surface area contributed by atoms with E-state index in [1.54, 1.807) is 0 Å². The number of fused-ring (bicyclic) bond motifs is 1. The minimum atomic E-state index is 0.231. The maximum absolute atomic E-state index is 6.32. The van der Waals surface area contributed by atoms with Crippen molar-refractivity contribution in [3.8, 4) is 0 Å². The van der Waals surface area contributed by atoms with Crippen molar-refractivity contribution in [1.82, 2.24) is 9.55 Å². The minimum absolute atomic E-state index is 0.231. The van der Waals surface area contributed by atoms with Crippen LogP contribution in [0.25, 0.3) is 11.0 Å². The zero-order valence-corrected chi connectivity index (χ0v) is 13.5. The van der Waals surface area contributed by atoms with Gasteiger partial charge in [-0.15, -0.1) is 0 Å². The summed E-state index contributed by atoms with van der Waals surface area (Å²) in [7, 11) is 0. The molecule has 1 aromatic carbocycles. The topological polar surface area (TPSA) is 43.8 Å². The average Bonchev–Trinajstić information content (AvgIpc) is 2.82. The monoisotopic (exact) mass is 287 g/mol. The van der Waals surface area contributed by atoms with Gasteiger partial charge in [-0.1, -0.05) is 51.7 Å². The summed E-state index contributed by atoms with van der Waals surface area (Å²) in [5.41, 5.74) is 8.66. The number of aromatic nitrogens is 2. The molecule has 1 heterocycles. The molecule has 0 saturated carbocycles. The van der Waals surface area contributed by atoms with Gasteiger partial charge in [0.2, 0.25) is 0 Å². The van der Waals surface area contributed by atoms with E-state index in [9.17, 15) is 0 Å². The van der Waals surface area contributed by atoms with Gasteiger partial charge in [0, 0.05) is 19.0 Å². The first-order valence-corrected chi connectivity index (χ1v) is 8.46. The van der Waals surface area contributed by atoms with Crippen LogP contribution in [0.1, 0.15) is 58.2 Å². The first kappa shape index (κ1) is 16.0. The SMILES string of the molecule is CCCCCCC(N)Cc1nc2ccccc2n1CCC. The summed E-state index contributed by atoms with van der Waals surface area (Å²) >= 11 is 0. The van der Waals surface area contributed by atoms with E-state index in [4.69, 9.17) is 10.7 Å². The Morgan fingerprint density at radius 2 is 1.90 bits per heavy atom. The standard InChI is InChI=1S/C18H29N3/c1-3-5-6-7-10-15(19)14-18-20-16-11-8-9-12-17(16)21(18)13-4-2/h8-9,11-12,15H,3-7,10,13-14,19H2,1-2H3. The Morgan fingerprint density at radius 3 is 2.67 bits per heavy atom. The quantitative estimate of drug-likeness (QED) is 0.699. The van der Waals surface area contributed by atoms with Crippen molar-refractivity contribution in [3.05, 3.63) is 30.1 Å². The number of unbranched alkanes of at least 4 members (excludes halogenated alkanes) is 3. The van der Waals surface area contributed by atoms with Gasteiger partial charge in [0.25, 0.3) is 0 Å². The average molecular weight is 287 g/mol. The van der Waals surface area contributed by atoms with Crippen LogP contribution >= 0.6 is 0 Å². The molecule has 0 amide bonds. The molecule has 1 atom stereocenters. The van der Waals surface area contributed by atoms with Crippen LogP contribution in [-0.2, 0) is 13.0 Å². The molecule has 1 aromatic heterocycles. The normalized spacial score (nSPS) is 12.9. The molecule has 2 rings (SSSR count). The third kappa shape index (κ3) is 4.31. The van der Waals surface area contributed by atoms with Gasteiger partial charge in [-0.25, -0.2) is 4.98 Å². The molecule has 0 aliphatic rings. The zero-order valence-electron chi connectivity index (χ0n) is 13.5. The van der Waals surface area contributed by atoms with E-state index < -0.39 is 0 Å². The molecule has 116 valence electrons. The summed E-state index contributed by atoms with van der Waals surface area (Å²) in [6.07, 6.45) is 8.26. The Balaban J connectivity index is 2.04. The van der Waals surface area contributed by atoms with Gasteiger partial charge >= 0.3 is 0 Å². The maximum Gasteiger partial charge on any atom is 0.111 e. The first-order valence-electron chi connectivity index (χ1n) is 8.46. The van der Waals surface area contributed by atoms with E-state index in [0.29, 0.717) is 0 Å². The van der Waals surface area contributed by atoms with Gasteiger partial charge in [-0.3, -0.25) is 0 Å². The summed E-state index contributed by atoms with van der Waals surface area (Å²) in [4.78, 5) is 4.80. The molecule has 0 radical (unpaired) electrons. The lowest BCUT2D eigenvalue weighted by molar-refractivity contribution is 0.524. The van der Waals surface area contributed by atoms with Crippen LogP contribution in [0.5, 0.6) is 0 Å². The number of hydrogen-bond donors (Lipinski definition) is 1. The van der Waals surface area contributed by atoms with Gasteiger partial charge < -0.3 is 10.3 Å². The first-order chi connectivity index (χ1) is 10.3. The van der Waals surface area contributed by atoms with Crippen molar-refractivity contribution in [1.29, 1.82) is 0 Å². The Kier molecular flexibility index (Phi) is 6.24. The van der Waals surface area contributed by atoms with Crippen molar-refractivity contribution in [2.24, 2.45) is 5.73 Å². The van der Waals surface area contributed by atoms with Gasteiger partial charge in [-0.2, -0.15) is 0 Å². The molecular formula is C18H29N3. The summed E-state index contributed by atoms with van der Waals surface area (Å²) in [5.74, 6) is 1.15. The molecule has 0 bridgehead atoms. The number of hydrogen-bond acceptors (Lipinski definition) is 2. The lowest BCUT2D eigenvalue weighted by Crippen LogP contribution is -2.24. The second-order valence-electron chi connectivity index (χ2n) is 5.98. The molecule has 2 N–H and O–H groups in total. The van der Waals surface area contributed by atoms with E-state index in [0.717, 1.165) is 37.1 Å². The van der Waals surface area contributed by atoms with Crippen LogP contribution in [0, 0.1) is 0 Å². The summed E-state index contributed by atoms with van der Waals surface area (Å²) < 4.78 is 2.35. The van der Waals surface area contributed by atoms with E-state index in [1.807, 2.05) is 0 Å². The fraction of sp³-hybridized carbons (Fsp3) is 0.611. The van der Waals surface area contributed by atoms with Crippen molar-refractivity contribution in [2.45, 2.75) is 71.4 Å². The molecule has 0 fully saturated rings. The van der Waals surface area contributed by atoms with Crippen molar-refractivity contribution in [2.75, 3.05) is 0 Å². The summed E-state index contributed by atoms with van der Waals surface area (Å²) in [5, 5.41) is 0. The second-order valence-corrected chi connectivity index (χ2v) is 5.98. The fourth-order valence-electron chi connectivity index (χ4n) is 2.92. The largest absolute Gasteiger partial charge is 0.328 e. The Hall–Kier alpha value is -1.35. The highest BCUT2D eigenvalue weighted by molar-refractivity contribution is 5.75. The highest BCUT2D eigenvalue weighted by Gasteiger charge is 2.13. The molecule has 3 nitrogen and oxygen atoms in total. The fourth-order valence-corrected chi connectivity index (χ4v) is 2.92. The van der Waals surface area contributed by atoms with Crippen LogP contribution in [0.15, 0.2) is 24.3 Å². The smallest absolute Gasteiger partial charge is 0.111 e. The zero-order chi connectivity index (χ0) is 15.1. The number of para-hydroxylation sites is 2. The number of nitrogens with zero attached hydrogens (tertiary/aromatic N) is 2. The summed E-state index contributed by atoms with van der Waals surface area (Å²) in [6.45, 7) is 5.48. The maximum atomic E-state index is 6.32. The molecular weight excluding hydrogens is 258 g/mol. The molecule has 1 unspecified atom stereocenters. The molecule has 21 heavy (non-hydrogen) atoms. The lowest BCUT2D eigenvalue weighted by atomic mass is 10.1. The van der Waals surface area contributed by atoms with Gasteiger partial charge in [0.15, 0.2) is 0 Å². The molecule has 0 spiro atoms. The van der Waals surface area contributed by atoms with Crippen LogP contribution in [0.4, 0.5) is 0 Å². The van der Waals surface area contributed by atoms with E-state index in [1.165, 1.54) is 31.2 Å². The molecule has 0 saturated heterocycles. The third-order valence-corrected chi connectivity index (χ3v) is 4.05. The van der Waals surface area contributed by atoms with Crippen molar-refractivity contribution >= 4 is 11.0 Å².